The third kappa shape index (κ3) is 5.39. The molecule has 0 spiro atoms. The van der Waals surface area contributed by atoms with E-state index >= 15 is 4.39 Å². The molecule has 7 heterocycles. The normalized spacial score (nSPS) is 24.8. The number of nitrogens with zero attached hydrogens (tertiary/aromatic N) is 7. The smallest absolute Gasteiger partial charge is 0.277 e. The van der Waals surface area contributed by atoms with Gasteiger partial charge in [-0.3, -0.25) is 39.1 Å². The van der Waals surface area contributed by atoms with Crippen LogP contribution in [0.2, 0.25) is 0 Å². The van der Waals surface area contributed by atoms with Crippen LogP contribution in [0, 0.1) is 11.7 Å². The average molecular weight is 691 g/mol. The fourth-order valence-electron chi connectivity index (χ4n) is 8.71. The van der Waals surface area contributed by atoms with Crippen molar-refractivity contribution < 1.29 is 28.4 Å². The number of amides is 5. The Hall–Kier alpha value is -5.37. The summed E-state index contributed by atoms with van der Waals surface area (Å²) in [6.45, 7) is 3.97. The summed E-state index contributed by atoms with van der Waals surface area (Å²) in [6, 6.07) is 11.6. The first kappa shape index (κ1) is 31.6. The third-order valence-corrected chi connectivity index (χ3v) is 11.4. The molecule has 9 rings (SSSR count). The zero-order valence-electron chi connectivity index (χ0n) is 27.8. The van der Waals surface area contributed by atoms with Gasteiger partial charge in [-0.1, -0.05) is 12.1 Å². The van der Waals surface area contributed by atoms with Crippen molar-refractivity contribution in [2.24, 2.45) is 10.9 Å². The van der Waals surface area contributed by atoms with Gasteiger partial charge in [0, 0.05) is 68.6 Å². The predicted molar refractivity (Wildman–Crippen MR) is 183 cm³/mol. The molecule has 6 aliphatic heterocycles. The Bertz CT molecular complexity index is 2030. The summed E-state index contributed by atoms with van der Waals surface area (Å²) in [5.74, 6) is -1.91. The first-order chi connectivity index (χ1) is 24.7. The lowest BCUT2D eigenvalue weighted by Gasteiger charge is -2.44. The minimum atomic E-state index is -1.09. The maximum Gasteiger partial charge on any atom is 0.277 e. The van der Waals surface area contributed by atoms with E-state index in [1.165, 1.54) is 6.07 Å². The van der Waals surface area contributed by atoms with Gasteiger partial charge < -0.3 is 9.80 Å². The number of hydrogen-bond acceptors (Lipinski definition) is 10. The number of anilines is 2. The number of piperazine rings is 1. The summed E-state index contributed by atoms with van der Waals surface area (Å²) in [5, 5.41) is 11.2. The monoisotopic (exact) mass is 690 g/mol. The van der Waals surface area contributed by atoms with Crippen LogP contribution in [-0.4, -0.2) is 107 Å². The van der Waals surface area contributed by atoms with Crippen molar-refractivity contribution in [3.05, 3.63) is 70.5 Å². The number of fused-ring (bicyclic) bond motifs is 4. The molecule has 4 fully saturated rings. The number of hydrogen-bond donors (Lipinski definition) is 1. The number of aliphatic imine (C=N–C) groups is 1. The molecule has 6 aliphatic rings. The Morgan fingerprint density at radius 1 is 0.784 bits per heavy atom. The quantitative estimate of drug-likeness (QED) is 0.383. The maximum atomic E-state index is 15.6. The van der Waals surface area contributed by atoms with Gasteiger partial charge in [-0.15, -0.1) is 10.2 Å². The highest BCUT2D eigenvalue weighted by Gasteiger charge is 2.46. The van der Waals surface area contributed by atoms with Crippen molar-refractivity contribution in [3.63, 3.8) is 0 Å². The number of imide groups is 2. The molecule has 5 amide bonds. The highest BCUT2D eigenvalue weighted by Crippen LogP contribution is 2.38. The number of piperidine rings is 2. The summed E-state index contributed by atoms with van der Waals surface area (Å²) in [7, 11) is 0. The summed E-state index contributed by atoms with van der Waals surface area (Å²) >= 11 is 0. The minimum Gasteiger partial charge on any atom is -0.366 e. The van der Waals surface area contributed by atoms with E-state index in [2.05, 4.69) is 30.3 Å². The second-order valence-electron chi connectivity index (χ2n) is 14.4. The Balaban J connectivity index is 0.819. The molecule has 1 aromatic heterocycles. The number of rotatable bonds is 6. The Morgan fingerprint density at radius 3 is 2.24 bits per heavy atom. The molecule has 14 heteroatoms. The van der Waals surface area contributed by atoms with Crippen LogP contribution in [0.15, 0.2) is 47.5 Å². The Labute approximate surface area is 292 Å². The van der Waals surface area contributed by atoms with Crippen LogP contribution in [0.5, 0.6) is 0 Å². The molecular formula is C37H35FN8O5. The average Bonchev–Trinajstić information content (AvgIpc) is 3.70. The molecule has 3 atom stereocenters. The van der Waals surface area contributed by atoms with Gasteiger partial charge >= 0.3 is 0 Å². The lowest BCUT2D eigenvalue weighted by molar-refractivity contribution is -0.136. The number of halogens is 1. The zero-order valence-corrected chi connectivity index (χ0v) is 27.8. The number of nitrogens with one attached hydrogen (secondary N) is 1. The third-order valence-electron chi connectivity index (χ3n) is 11.4. The lowest BCUT2D eigenvalue weighted by atomic mass is 9.95. The number of carbonyl (C=O) groups is 5. The van der Waals surface area contributed by atoms with Crippen molar-refractivity contribution in [1.29, 1.82) is 0 Å². The topological polar surface area (TPSA) is 148 Å². The molecule has 51 heavy (non-hydrogen) atoms. The summed E-state index contributed by atoms with van der Waals surface area (Å²) in [4.78, 5) is 74.2. The number of benzene rings is 2. The molecular weight excluding hydrogens is 655 g/mol. The van der Waals surface area contributed by atoms with Crippen LogP contribution < -0.4 is 15.1 Å². The molecule has 1 N–H and O–H groups in total. The van der Waals surface area contributed by atoms with E-state index in [1.54, 1.807) is 6.21 Å². The van der Waals surface area contributed by atoms with Gasteiger partial charge in [-0.05, 0) is 68.4 Å². The van der Waals surface area contributed by atoms with Crippen molar-refractivity contribution in [2.75, 3.05) is 42.5 Å². The van der Waals surface area contributed by atoms with E-state index in [1.807, 2.05) is 35.2 Å². The van der Waals surface area contributed by atoms with Crippen molar-refractivity contribution >= 4 is 47.3 Å². The highest BCUT2D eigenvalue weighted by molar-refractivity contribution is 6.23. The largest absolute Gasteiger partial charge is 0.366 e. The van der Waals surface area contributed by atoms with Gasteiger partial charge in [0.25, 0.3) is 17.7 Å². The fourth-order valence-corrected chi connectivity index (χ4v) is 8.71. The molecule has 0 radical (unpaired) electrons. The second kappa shape index (κ2) is 12.1. The van der Waals surface area contributed by atoms with E-state index in [0.29, 0.717) is 36.0 Å². The van der Waals surface area contributed by atoms with E-state index < -0.39 is 35.5 Å². The van der Waals surface area contributed by atoms with Crippen LogP contribution >= 0.6 is 0 Å². The van der Waals surface area contributed by atoms with Crippen molar-refractivity contribution in [1.82, 2.24) is 25.3 Å². The van der Waals surface area contributed by atoms with E-state index in [-0.39, 0.29) is 42.0 Å². The SMILES string of the molecule is O=C1CCC(N2C(=O)c3cc(F)c(N4CC5CCC(C4)N5CC4CCN(c5ccc(-c6ccc7c(c6)C(=O)N=C7)nn5)CC4)cc3C2=O)C(=O)N1. The second-order valence-corrected chi connectivity index (χ2v) is 14.4. The standard InChI is InChI=1S/C37H35FN8O5/c38-28-14-26-27(37(51)46(36(26)50)30-6-8-33(47)40-35(30)49)15-31(28)44-18-23-3-4-24(19-44)45(23)17-20-9-11-43(12-10-20)32-7-5-29(41-42-32)21-1-2-22-16-39-34(48)25(22)13-21/h1-2,5,7,13-16,20,23-24,30H,3-4,6,8-12,17-19H2,(H,40,47,49). The van der Waals surface area contributed by atoms with Crippen molar-refractivity contribution in [3.8, 4) is 11.3 Å². The van der Waals surface area contributed by atoms with Gasteiger partial charge in [-0.2, -0.15) is 0 Å². The lowest BCUT2D eigenvalue weighted by Crippen LogP contribution is -2.55. The molecule has 2 aromatic carbocycles. The first-order valence-electron chi connectivity index (χ1n) is 17.6. The van der Waals surface area contributed by atoms with E-state index in [0.717, 1.165) is 73.2 Å². The fraction of sp³-hybridized carbons (Fsp3) is 0.405. The summed E-state index contributed by atoms with van der Waals surface area (Å²) < 4.78 is 15.6. The highest BCUT2D eigenvalue weighted by atomic mass is 19.1. The van der Waals surface area contributed by atoms with Gasteiger partial charge in [0.15, 0.2) is 5.82 Å². The summed E-state index contributed by atoms with van der Waals surface area (Å²) in [6.07, 6.45) is 5.73. The van der Waals surface area contributed by atoms with Gasteiger partial charge in [-0.25, -0.2) is 9.38 Å². The van der Waals surface area contributed by atoms with Gasteiger partial charge in [0.1, 0.15) is 11.9 Å². The van der Waals surface area contributed by atoms with Crippen LogP contribution in [-0.2, 0) is 9.59 Å². The Kier molecular flexibility index (Phi) is 7.53. The molecule has 0 aliphatic carbocycles. The maximum absolute atomic E-state index is 15.6. The molecule has 4 saturated heterocycles. The minimum absolute atomic E-state index is 0.0247. The zero-order chi connectivity index (χ0) is 35.0. The summed E-state index contributed by atoms with van der Waals surface area (Å²) in [5.41, 5.74) is 3.29. The van der Waals surface area contributed by atoms with E-state index in [9.17, 15) is 24.0 Å². The molecule has 2 bridgehead atoms. The van der Waals surface area contributed by atoms with Crippen LogP contribution in [0.25, 0.3) is 11.3 Å². The van der Waals surface area contributed by atoms with Gasteiger partial charge in [0.05, 0.1) is 28.1 Å². The predicted octanol–water partition coefficient (Wildman–Crippen LogP) is 2.83. The Morgan fingerprint density at radius 2 is 1.53 bits per heavy atom. The van der Waals surface area contributed by atoms with Crippen LogP contribution in [0.3, 0.4) is 0 Å². The van der Waals surface area contributed by atoms with Crippen LogP contribution in [0.4, 0.5) is 15.9 Å². The number of aromatic nitrogens is 2. The molecule has 3 aromatic rings. The van der Waals surface area contributed by atoms with Crippen LogP contribution in [0.1, 0.15) is 75.2 Å². The molecule has 0 saturated carbocycles. The molecule has 260 valence electrons. The van der Waals surface area contributed by atoms with Gasteiger partial charge in [0.2, 0.25) is 11.8 Å². The van der Waals surface area contributed by atoms with E-state index in [4.69, 9.17) is 0 Å². The van der Waals surface area contributed by atoms with Crippen molar-refractivity contribution in [2.45, 2.75) is 56.7 Å². The first-order valence-corrected chi connectivity index (χ1v) is 17.6. The molecule has 13 nitrogen and oxygen atoms in total. The molecule has 3 unspecified atom stereocenters. The number of carbonyl (C=O) groups excluding carboxylic acids is 5.